The minimum atomic E-state index is -1.15. The minimum Gasteiger partial charge on any atom is -1.00 e. The molecule has 12 heteroatoms. The third kappa shape index (κ3) is 4.94. The molecule has 0 aliphatic carbocycles. The lowest BCUT2D eigenvalue weighted by atomic mass is 9.79. The number of likely N-dealkylation sites (tertiary alicyclic amines) is 1. The molecule has 0 radical (unpaired) electrons. The molecule has 6 atom stereocenters. The van der Waals surface area contributed by atoms with Gasteiger partial charge in [0, 0.05) is 22.6 Å². The zero-order valence-corrected chi connectivity index (χ0v) is 21.5. The van der Waals surface area contributed by atoms with Gasteiger partial charge in [-0.3, -0.25) is 4.79 Å². The highest BCUT2D eigenvalue weighted by Gasteiger charge is 2.60. The van der Waals surface area contributed by atoms with Crippen LogP contribution in [-0.4, -0.2) is 79.1 Å². The van der Waals surface area contributed by atoms with Gasteiger partial charge < -0.3 is 37.2 Å². The summed E-state index contributed by atoms with van der Waals surface area (Å²) in [5, 5.41) is 19.9. The number of hydrogen-bond donors (Lipinski definition) is 2. The number of halogens is 1. The molecule has 4 heterocycles. The van der Waals surface area contributed by atoms with Crippen molar-refractivity contribution in [1.29, 1.82) is 0 Å². The van der Waals surface area contributed by atoms with Gasteiger partial charge >= 0.3 is 12.1 Å². The summed E-state index contributed by atoms with van der Waals surface area (Å²) < 4.78 is 9.23. The van der Waals surface area contributed by atoms with Gasteiger partial charge in [-0.05, 0) is 13.3 Å². The van der Waals surface area contributed by atoms with E-state index in [4.69, 9.17) is 4.74 Å². The van der Waals surface area contributed by atoms with Gasteiger partial charge in [-0.15, -0.1) is 11.8 Å². The molecule has 1 aromatic rings. The van der Waals surface area contributed by atoms with Crippen LogP contribution in [0.25, 0.3) is 0 Å². The van der Waals surface area contributed by atoms with Crippen molar-refractivity contribution < 1.29 is 46.3 Å². The lowest BCUT2D eigenvalue weighted by molar-refractivity contribution is -0.671. The Kier molecular flexibility index (Phi) is 8.23. The molecule has 0 unspecified atom stereocenters. The molecule has 0 aromatic carbocycles. The van der Waals surface area contributed by atoms with Crippen LogP contribution in [0.5, 0.6) is 0 Å². The largest absolute Gasteiger partial charge is 1.00 e. The van der Waals surface area contributed by atoms with E-state index >= 15 is 0 Å². The number of carboxylic acid groups (broad SMARTS) is 1. The molecule has 35 heavy (non-hydrogen) atoms. The molecular formula is C23H31ClN4O6S. The number of hydrogen-bond acceptors (Lipinski definition) is 6. The number of aryl methyl sites for hydroxylation is 1. The van der Waals surface area contributed by atoms with Crippen LogP contribution in [0, 0.1) is 11.8 Å². The number of aliphatic hydroxyl groups excluding tert-OH is 1. The van der Waals surface area contributed by atoms with Gasteiger partial charge in [0.1, 0.15) is 31.2 Å². The molecule has 2 N–H and O–H groups in total. The molecule has 10 nitrogen and oxygen atoms in total. The predicted octanol–water partition coefficient (Wildman–Crippen LogP) is -2.03. The highest BCUT2D eigenvalue weighted by molar-refractivity contribution is 8.03. The van der Waals surface area contributed by atoms with Crippen LogP contribution in [-0.2, 0) is 27.9 Å². The van der Waals surface area contributed by atoms with Gasteiger partial charge in [-0.25, -0.2) is 18.7 Å². The van der Waals surface area contributed by atoms with E-state index in [9.17, 15) is 24.6 Å². The first kappa shape index (κ1) is 27.1. The van der Waals surface area contributed by atoms with Crippen molar-refractivity contribution in [3.63, 3.8) is 0 Å². The van der Waals surface area contributed by atoms with E-state index in [-0.39, 0.29) is 53.9 Å². The molecule has 0 bridgehead atoms. The monoisotopic (exact) mass is 526 g/mol. The molecule has 0 saturated carbocycles. The second-order valence-corrected chi connectivity index (χ2v) is 10.5. The number of β-lactam (4-membered cyclic amide) rings is 1. The Morgan fingerprint density at radius 2 is 2.14 bits per heavy atom. The Morgan fingerprint density at radius 1 is 1.43 bits per heavy atom. The Labute approximate surface area is 214 Å². The van der Waals surface area contributed by atoms with Crippen molar-refractivity contribution in [2.45, 2.75) is 50.3 Å². The van der Waals surface area contributed by atoms with E-state index in [0.29, 0.717) is 24.4 Å². The molecule has 1 aromatic heterocycles. The summed E-state index contributed by atoms with van der Waals surface area (Å²) in [5.74, 6) is -2.30. The summed E-state index contributed by atoms with van der Waals surface area (Å²) >= 11 is 1.43. The standard InChI is InChI=1S/C23H30N4O6S.ClH/c1-5-8-33-23(32)26-11-16(9-15(26)10-25-7-6-24(4)12-25)34-20-13(2)18-17(14(3)28)21(29)27(18)19(20)22(30)31;/h5-7,12-18,28H,1,8-11H2,2-4H3;1H/t13-,14-,15+,16+,17-,18-;/m1./s1. The number of ether oxygens (including phenoxy) is 1. The predicted molar refractivity (Wildman–Crippen MR) is 123 cm³/mol. The number of thioether (sulfide) groups is 1. The minimum absolute atomic E-state index is 0. The molecular weight excluding hydrogens is 496 g/mol. The van der Waals surface area contributed by atoms with E-state index in [1.807, 2.05) is 41.8 Å². The Hall–Kier alpha value is -2.50. The number of imidazole rings is 1. The first-order valence-electron chi connectivity index (χ1n) is 11.3. The number of carbonyl (C=O) groups is 3. The van der Waals surface area contributed by atoms with Crippen molar-refractivity contribution in [2.75, 3.05) is 13.2 Å². The van der Waals surface area contributed by atoms with Crippen molar-refractivity contribution in [2.24, 2.45) is 18.9 Å². The van der Waals surface area contributed by atoms with Crippen molar-refractivity contribution in [1.82, 2.24) is 14.4 Å². The van der Waals surface area contributed by atoms with Gasteiger partial charge in [0.25, 0.3) is 0 Å². The van der Waals surface area contributed by atoms with Crippen molar-refractivity contribution >= 4 is 29.7 Å². The third-order valence-electron chi connectivity index (χ3n) is 6.79. The Morgan fingerprint density at radius 3 is 2.71 bits per heavy atom. The number of aliphatic hydroxyl groups is 1. The maximum absolute atomic E-state index is 12.8. The van der Waals surface area contributed by atoms with Gasteiger partial charge in [-0.1, -0.05) is 19.6 Å². The highest BCUT2D eigenvalue weighted by atomic mass is 35.5. The van der Waals surface area contributed by atoms with Crippen molar-refractivity contribution in [3.8, 4) is 0 Å². The fourth-order valence-corrected chi connectivity index (χ4v) is 6.84. The molecule has 2 saturated heterocycles. The average molecular weight is 527 g/mol. The van der Waals surface area contributed by atoms with Crippen LogP contribution in [0.2, 0.25) is 0 Å². The number of amides is 2. The zero-order valence-electron chi connectivity index (χ0n) is 19.9. The van der Waals surface area contributed by atoms with Gasteiger partial charge in [0.15, 0.2) is 0 Å². The number of carboxylic acids is 1. The normalized spacial score (nSPS) is 28.3. The van der Waals surface area contributed by atoms with Gasteiger partial charge in [0.2, 0.25) is 12.2 Å². The van der Waals surface area contributed by atoms with Gasteiger partial charge in [-0.2, -0.15) is 0 Å². The van der Waals surface area contributed by atoms with Crippen LogP contribution in [0.3, 0.4) is 0 Å². The number of rotatable bonds is 8. The van der Waals surface area contributed by atoms with Crippen LogP contribution in [0.15, 0.2) is 42.0 Å². The summed E-state index contributed by atoms with van der Waals surface area (Å²) in [4.78, 5) is 41.1. The van der Waals surface area contributed by atoms with Crippen LogP contribution >= 0.6 is 11.8 Å². The van der Waals surface area contributed by atoms with Crippen molar-refractivity contribution in [3.05, 3.63) is 42.0 Å². The van der Waals surface area contributed by atoms with Crippen LogP contribution in [0.1, 0.15) is 20.3 Å². The highest BCUT2D eigenvalue weighted by Crippen LogP contribution is 2.52. The fraction of sp³-hybridized carbons (Fsp3) is 0.565. The number of aliphatic carboxylic acids is 1. The number of fused-ring (bicyclic) bond motifs is 1. The molecule has 3 aliphatic rings. The molecule has 3 aliphatic heterocycles. The molecule has 4 rings (SSSR count). The molecule has 0 spiro atoms. The summed E-state index contributed by atoms with van der Waals surface area (Å²) in [6.45, 7) is 8.16. The number of aromatic nitrogens is 2. The molecule has 192 valence electrons. The van der Waals surface area contributed by atoms with E-state index in [1.54, 1.807) is 11.8 Å². The second kappa shape index (κ2) is 10.6. The smallest absolute Gasteiger partial charge is 0.410 e. The lowest BCUT2D eigenvalue weighted by Crippen LogP contribution is -3.00. The lowest BCUT2D eigenvalue weighted by Gasteiger charge is -2.46. The SMILES string of the molecule is C=CCOC(=O)N1C[C@@H](SC2=C(C(=O)O)N3C(=O)[C@H]([C@@H](C)O)[C@H]3[C@H]2C)C[C@H]1Cn1cc[n+](C)c1.[Cl-]. The number of carbonyl (C=O) groups excluding carboxylic acids is 2. The molecule has 2 amide bonds. The zero-order chi connectivity index (χ0) is 24.7. The van der Waals surface area contributed by atoms with Gasteiger partial charge in [0.05, 0.1) is 31.2 Å². The molecule has 2 fully saturated rings. The first-order valence-corrected chi connectivity index (χ1v) is 12.2. The maximum atomic E-state index is 12.8. The van der Waals surface area contributed by atoms with Crippen LogP contribution in [0.4, 0.5) is 4.79 Å². The first-order chi connectivity index (χ1) is 16.1. The fourth-order valence-electron chi connectivity index (χ4n) is 5.28. The summed E-state index contributed by atoms with van der Waals surface area (Å²) in [6.07, 6.45) is 6.69. The summed E-state index contributed by atoms with van der Waals surface area (Å²) in [6, 6.07) is -0.483. The number of nitrogens with zero attached hydrogens (tertiary/aromatic N) is 4. The average Bonchev–Trinajstić information content (AvgIpc) is 3.42. The van der Waals surface area contributed by atoms with E-state index in [2.05, 4.69) is 6.58 Å². The summed E-state index contributed by atoms with van der Waals surface area (Å²) in [7, 11) is 1.92. The van der Waals surface area contributed by atoms with E-state index < -0.39 is 24.1 Å². The quantitative estimate of drug-likeness (QED) is 0.228. The Bertz CT molecular complexity index is 1040. The van der Waals surface area contributed by atoms with Crippen LogP contribution < -0.4 is 17.0 Å². The van der Waals surface area contributed by atoms with E-state index in [1.165, 1.54) is 22.7 Å². The summed E-state index contributed by atoms with van der Waals surface area (Å²) in [5.41, 5.74) is 0.00562. The van der Waals surface area contributed by atoms with E-state index in [0.717, 1.165) is 0 Å². The second-order valence-electron chi connectivity index (χ2n) is 9.20. The maximum Gasteiger partial charge on any atom is 0.410 e. The third-order valence-corrected chi connectivity index (χ3v) is 8.28. The Balaban J connectivity index is 0.00000342. The topological polar surface area (TPSA) is 116 Å².